The first-order valence-corrected chi connectivity index (χ1v) is 6.23. The average molecular weight is 242 g/mol. The Balaban J connectivity index is 0.000000195. The minimum absolute atomic E-state index is 0.0712. The van der Waals surface area contributed by atoms with Gasteiger partial charge in [0.1, 0.15) is 12.2 Å². The summed E-state index contributed by atoms with van der Waals surface area (Å²) in [6.45, 7) is 0.618. The fraction of sp³-hybridized carbons (Fsp3) is 1.00. The maximum absolute atomic E-state index is 8.88. The fourth-order valence-corrected chi connectivity index (χ4v) is 1.68. The fourth-order valence-electron chi connectivity index (χ4n) is 1.68. The van der Waals surface area contributed by atoms with Gasteiger partial charge in [0.25, 0.3) is 0 Å². The Labute approximate surface area is 87.1 Å². The van der Waals surface area contributed by atoms with Crippen LogP contribution in [0.2, 0.25) is 0 Å². The zero-order chi connectivity index (χ0) is 11.4. The standard InChI is InChI=1S/C7H12O3.H3O4P/c1-2-4-7(5-3-1)6-8-10-9-7;1-5(2,3)4/h1-6H2;(H3,1,2,3,4). The molecule has 0 unspecified atom stereocenters. The predicted octanol–water partition coefficient (Wildman–Crippen LogP) is 0.654. The first kappa shape index (κ1) is 13.1. The molecule has 1 saturated carbocycles. The van der Waals surface area contributed by atoms with E-state index in [1.165, 1.54) is 19.3 Å². The third-order valence-corrected chi connectivity index (χ3v) is 2.35. The molecule has 0 atom stereocenters. The van der Waals surface area contributed by atoms with Gasteiger partial charge in [0, 0.05) is 0 Å². The highest BCUT2D eigenvalue weighted by Gasteiger charge is 2.39. The highest BCUT2D eigenvalue weighted by atomic mass is 31.2. The molecule has 1 heterocycles. The molecular formula is C7H15O7P. The van der Waals surface area contributed by atoms with Gasteiger partial charge in [-0.25, -0.2) is 9.45 Å². The SMILES string of the molecule is C1CCC2(CC1)COOO2.O=P(O)(O)O. The van der Waals surface area contributed by atoms with Gasteiger partial charge >= 0.3 is 7.82 Å². The van der Waals surface area contributed by atoms with Crippen LogP contribution in [0.5, 0.6) is 0 Å². The molecule has 1 spiro atoms. The van der Waals surface area contributed by atoms with Crippen molar-refractivity contribution in [3.63, 3.8) is 0 Å². The number of phosphoric acid groups is 1. The van der Waals surface area contributed by atoms with Crippen molar-refractivity contribution >= 4 is 7.82 Å². The minimum atomic E-state index is -4.64. The van der Waals surface area contributed by atoms with Crippen molar-refractivity contribution in [1.82, 2.24) is 0 Å². The molecule has 15 heavy (non-hydrogen) atoms. The second-order valence-electron chi connectivity index (χ2n) is 3.67. The Kier molecular flexibility index (Phi) is 4.66. The Morgan fingerprint density at radius 2 is 1.60 bits per heavy atom. The van der Waals surface area contributed by atoms with Gasteiger partial charge in [-0.15, -0.1) is 0 Å². The van der Waals surface area contributed by atoms with E-state index in [2.05, 4.69) is 5.04 Å². The number of rotatable bonds is 0. The van der Waals surface area contributed by atoms with Crippen molar-refractivity contribution in [3.05, 3.63) is 0 Å². The van der Waals surface area contributed by atoms with Crippen LogP contribution in [0.3, 0.4) is 0 Å². The van der Waals surface area contributed by atoms with Crippen molar-refractivity contribution in [2.24, 2.45) is 0 Å². The first-order valence-electron chi connectivity index (χ1n) is 4.67. The van der Waals surface area contributed by atoms with Gasteiger partial charge in [-0.3, -0.25) is 0 Å². The average Bonchev–Trinajstić information content (AvgIpc) is 2.52. The van der Waals surface area contributed by atoms with Crippen molar-refractivity contribution in [2.75, 3.05) is 6.61 Å². The molecule has 0 radical (unpaired) electrons. The van der Waals surface area contributed by atoms with E-state index in [1.54, 1.807) is 0 Å². The molecule has 1 saturated heterocycles. The normalized spacial score (nSPS) is 24.7. The summed E-state index contributed by atoms with van der Waals surface area (Å²) in [5.74, 6) is 0. The van der Waals surface area contributed by atoms with Crippen LogP contribution in [0, 0.1) is 0 Å². The topological polar surface area (TPSA) is 105 Å². The Morgan fingerprint density at radius 1 is 1.07 bits per heavy atom. The van der Waals surface area contributed by atoms with E-state index in [9.17, 15) is 0 Å². The zero-order valence-corrected chi connectivity index (χ0v) is 9.06. The van der Waals surface area contributed by atoms with Gasteiger partial charge in [-0.1, -0.05) is 24.3 Å². The Morgan fingerprint density at radius 3 is 2.00 bits per heavy atom. The van der Waals surface area contributed by atoms with Gasteiger partial charge in [0.2, 0.25) is 0 Å². The van der Waals surface area contributed by atoms with E-state index in [0.29, 0.717) is 6.61 Å². The van der Waals surface area contributed by atoms with Gasteiger partial charge in [-0.2, -0.15) is 4.89 Å². The summed E-state index contributed by atoms with van der Waals surface area (Å²) in [7, 11) is -4.64. The van der Waals surface area contributed by atoms with Crippen molar-refractivity contribution in [3.8, 4) is 0 Å². The van der Waals surface area contributed by atoms with E-state index < -0.39 is 7.82 Å². The molecule has 2 aliphatic rings. The maximum Gasteiger partial charge on any atom is 0.466 e. The molecule has 8 heteroatoms. The molecule has 2 rings (SSSR count). The molecule has 0 bridgehead atoms. The van der Waals surface area contributed by atoms with E-state index in [1.807, 2.05) is 0 Å². The molecule has 0 aromatic carbocycles. The molecule has 0 aromatic rings. The highest BCUT2D eigenvalue weighted by molar-refractivity contribution is 7.45. The number of hydrogen-bond donors (Lipinski definition) is 3. The molecule has 0 amide bonds. The highest BCUT2D eigenvalue weighted by Crippen LogP contribution is 2.35. The van der Waals surface area contributed by atoms with Gasteiger partial charge in [0.05, 0.1) is 0 Å². The molecule has 7 nitrogen and oxygen atoms in total. The lowest BCUT2D eigenvalue weighted by atomic mass is 9.86. The van der Waals surface area contributed by atoms with Crippen molar-refractivity contribution in [2.45, 2.75) is 37.7 Å². The van der Waals surface area contributed by atoms with Crippen LogP contribution in [0.4, 0.5) is 0 Å². The lowest BCUT2D eigenvalue weighted by Crippen LogP contribution is -2.33. The summed E-state index contributed by atoms with van der Waals surface area (Å²) in [4.78, 5) is 31.3. The van der Waals surface area contributed by atoms with Crippen LogP contribution in [-0.4, -0.2) is 26.9 Å². The Bertz CT molecular complexity index is 215. The number of hydrogen-bond acceptors (Lipinski definition) is 4. The zero-order valence-electron chi connectivity index (χ0n) is 8.16. The largest absolute Gasteiger partial charge is 0.466 e. The second-order valence-corrected chi connectivity index (χ2v) is 4.70. The molecule has 3 N–H and O–H groups in total. The second kappa shape index (κ2) is 5.36. The van der Waals surface area contributed by atoms with Crippen LogP contribution < -0.4 is 0 Å². The molecule has 2 fully saturated rings. The third kappa shape index (κ3) is 5.58. The summed E-state index contributed by atoms with van der Waals surface area (Å²) in [6.07, 6.45) is 5.99. The lowest BCUT2D eigenvalue weighted by molar-refractivity contribution is -0.471. The summed E-state index contributed by atoms with van der Waals surface area (Å²) in [5.41, 5.74) is -0.0712. The maximum atomic E-state index is 8.88. The van der Waals surface area contributed by atoms with Gasteiger partial charge in [-0.05, 0) is 12.8 Å². The monoisotopic (exact) mass is 242 g/mol. The molecule has 90 valence electrons. The van der Waals surface area contributed by atoms with Crippen LogP contribution in [0.1, 0.15) is 32.1 Å². The van der Waals surface area contributed by atoms with Crippen LogP contribution in [-0.2, 0) is 19.4 Å². The Hall–Kier alpha value is -0.0100. The molecule has 1 aliphatic heterocycles. The summed E-state index contributed by atoms with van der Waals surface area (Å²) in [6, 6.07) is 0. The lowest BCUT2D eigenvalue weighted by Gasteiger charge is -2.27. The van der Waals surface area contributed by atoms with Crippen molar-refractivity contribution < 1.29 is 34.1 Å². The summed E-state index contributed by atoms with van der Waals surface area (Å²) < 4.78 is 8.88. The van der Waals surface area contributed by atoms with Crippen molar-refractivity contribution in [1.29, 1.82) is 0 Å². The molecule has 0 aromatic heterocycles. The van der Waals surface area contributed by atoms with E-state index >= 15 is 0 Å². The summed E-state index contributed by atoms with van der Waals surface area (Å²) in [5, 5.41) is 4.44. The molecular weight excluding hydrogens is 227 g/mol. The van der Waals surface area contributed by atoms with E-state index in [4.69, 9.17) is 29.0 Å². The minimum Gasteiger partial charge on any atom is -0.303 e. The van der Waals surface area contributed by atoms with E-state index in [0.717, 1.165) is 12.8 Å². The quantitative estimate of drug-likeness (QED) is 0.423. The summed E-state index contributed by atoms with van der Waals surface area (Å²) >= 11 is 0. The first-order chi connectivity index (χ1) is 6.91. The van der Waals surface area contributed by atoms with Gasteiger partial charge in [0.15, 0.2) is 0 Å². The van der Waals surface area contributed by atoms with Crippen LogP contribution in [0.15, 0.2) is 0 Å². The van der Waals surface area contributed by atoms with E-state index in [-0.39, 0.29) is 5.60 Å². The third-order valence-electron chi connectivity index (χ3n) is 2.35. The van der Waals surface area contributed by atoms with Crippen LogP contribution in [0.25, 0.3) is 0 Å². The molecule has 1 aliphatic carbocycles. The van der Waals surface area contributed by atoms with Gasteiger partial charge < -0.3 is 14.7 Å². The smallest absolute Gasteiger partial charge is 0.303 e. The predicted molar refractivity (Wildman–Crippen MR) is 48.2 cm³/mol. The van der Waals surface area contributed by atoms with Crippen LogP contribution >= 0.6 is 7.82 Å².